The predicted octanol–water partition coefficient (Wildman–Crippen LogP) is 3.00. The summed E-state index contributed by atoms with van der Waals surface area (Å²) in [7, 11) is -3.56. The Bertz CT molecular complexity index is 937. The Morgan fingerprint density at radius 1 is 1.14 bits per heavy atom. The van der Waals surface area contributed by atoms with Crippen LogP contribution >= 0.6 is 11.3 Å². The van der Waals surface area contributed by atoms with E-state index in [0.29, 0.717) is 36.7 Å². The van der Waals surface area contributed by atoms with Gasteiger partial charge in [0, 0.05) is 18.0 Å². The lowest BCUT2D eigenvalue weighted by Gasteiger charge is -2.26. The van der Waals surface area contributed by atoms with Crippen molar-refractivity contribution in [2.24, 2.45) is 0 Å². The van der Waals surface area contributed by atoms with Crippen molar-refractivity contribution in [2.75, 3.05) is 26.3 Å². The lowest BCUT2D eigenvalue weighted by Crippen LogP contribution is -2.40. The van der Waals surface area contributed by atoms with E-state index in [0.717, 1.165) is 12.8 Å². The number of fused-ring (bicyclic) bond motifs is 1. The smallest absolute Gasteiger partial charge is 0.348 e. The van der Waals surface area contributed by atoms with E-state index in [2.05, 4.69) is 0 Å². The molecule has 150 valence electrons. The van der Waals surface area contributed by atoms with E-state index in [1.807, 2.05) is 6.07 Å². The standard InChI is InChI=1S/C20H23NO5S2/c22-20(19-13-16-5-1-2-7-18(16)27-19)26-14-15-4-3-6-17(12-15)28(23,24)21-8-10-25-11-9-21/h3-4,6,12-13H,1-2,5,7-11,14H2. The second-order valence-electron chi connectivity index (χ2n) is 7.01. The first-order valence-electron chi connectivity index (χ1n) is 9.49. The summed E-state index contributed by atoms with van der Waals surface area (Å²) in [5, 5.41) is 0. The summed E-state index contributed by atoms with van der Waals surface area (Å²) in [5.74, 6) is -0.346. The molecule has 8 heteroatoms. The number of carbonyl (C=O) groups is 1. The Kier molecular flexibility index (Phi) is 5.82. The molecule has 6 nitrogen and oxygen atoms in total. The largest absolute Gasteiger partial charge is 0.457 e. The minimum atomic E-state index is -3.56. The summed E-state index contributed by atoms with van der Waals surface area (Å²) in [5.41, 5.74) is 1.92. The van der Waals surface area contributed by atoms with Crippen LogP contribution in [0.3, 0.4) is 0 Å². The second-order valence-corrected chi connectivity index (χ2v) is 10.1. The third kappa shape index (κ3) is 4.15. The van der Waals surface area contributed by atoms with E-state index in [1.165, 1.54) is 38.9 Å². The number of sulfonamides is 1. The van der Waals surface area contributed by atoms with Gasteiger partial charge in [-0.25, -0.2) is 13.2 Å². The molecule has 0 unspecified atom stereocenters. The number of carbonyl (C=O) groups excluding carboxylic acids is 1. The maximum Gasteiger partial charge on any atom is 0.348 e. The number of thiophene rings is 1. The Morgan fingerprint density at radius 2 is 1.93 bits per heavy atom. The zero-order chi connectivity index (χ0) is 19.6. The van der Waals surface area contributed by atoms with E-state index in [4.69, 9.17) is 9.47 Å². The van der Waals surface area contributed by atoms with Crippen molar-refractivity contribution in [3.63, 3.8) is 0 Å². The molecule has 1 aliphatic carbocycles. The van der Waals surface area contributed by atoms with Gasteiger partial charge in [0.15, 0.2) is 0 Å². The maximum absolute atomic E-state index is 12.8. The summed E-state index contributed by atoms with van der Waals surface area (Å²) < 4.78 is 37.7. The van der Waals surface area contributed by atoms with Crippen molar-refractivity contribution < 1.29 is 22.7 Å². The van der Waals surface area contributed by atoms with Gasteiger partial charge in [-0.15, -0.1) is 11.3 Å². The molecule has 2 heterocycles. The summed E-state index contributed by atoms with van der Waals surface area (Å²) in [4.78, 5) is 14.5. The first kappa shape index (κ1) is 19.6. The van der Waals surface area contributed by atoms with Crippen LogP contribution in [-0.4, -0.2) is 45.0 Å². The number of morpholine rings is 1. The molecule has 0 atom stereocenters. The van der Waals surface area contributed by atoms with Crippen molar-refractivity contribution in [1.29, 1.82) is 0 Å². The molecule has 1 saturated heterocycles. The Hall–Kier alpha value is -1.74. The van der Waals surface area contributed by atoms with Crippen molar-refractivity contribution in [3.8, 4) is 0 Å². The Morgan fingerprint density at radius 3 is 2.71 bits per heavy atom. The zero-order valence-corrected chi connectivity index (χ0v) is 17.2. The predicted molar refractivity (Wildman–Crippen MR) is 106 cm³/mol. The highest BCUT2D eigenvalue weighted by atomic mass is 32.2. The molecule has 4 rings (SSSR count). The summed E-state index contributed by atoms with van der Waals surface area (Å²) in [6, 6.07) is 8.55. The topological polar surface area (TPSA) is 72.9 Å². The maximum atomic E-state index is 12.8. The van der Waals surface area contributed by atoms with Gasteiger partial charge < -0.3 is 9.47 Å². The van der Waals surface area contributed by atoms with Gasteiger partial charge in [0.2, 0.25) is 10.0 Å². The van der Waals surface area contributed by atoms with Crippen molar-refractivity contribution in [2.45, 2.75) is 37.2 Å². The highest BCUT2D eigenvalue weighted by molar-refractivity contribution is 7.89. The highest BCUT2D eigenvalue weighted by Gasteiger charge is 2.26. The van der Waals surface area contributed by atoms with E-state index in [9.17, 15) is 13.2 Å². The quantitative estimate of drug-likeness (QED) is 0.694. The molecule has 0 spiro atoms. The average molecular weight is 422 g/mol. The van der Waals surface area contributed by atoms with Crippen LogP contribution in [0.15, 0.2) is 35.2 Å². The molecule has 0 amide bonds. The van der Waals surface area contributed by atoms with Crippen LogP contribution in [-0.2, 0) is 38.9 Å². The van der Waals surface area contributed by atoms with E-state index < -0.39 is 10.0 Å². The lowest BCUT2D eigenvalue weighted by molar-refractivity contribution is 0.0478. The third-order valence-corrected chi connectivity index (χ3v) is 8.19. The van der Waals surface area contributed by atoms with E-state index in [-0.39, 0.29) is 17.5 Å². The number of rotatable bonds is 5. The van der Waals surface area contributed by atoms with Gasteiger partial charge in [0.1, 0.15) is 11.5 Å². The van der Waals surface area contributed by atoms with E-state index >= 15 is 0 Å². The molecule has 2 aromatic rings. The monoisotopic (exact) mass is 421 g/mol. The fourth-order valence-corrected chi connectivity index (χ4v) is 6.17. The molecule has 1 fully saturated rings. The number of hydrogen-bond donors (Lipinski definition) is 0. The summed E-state index contributed by atoms with van der Waals surface area (Å²) in [6.45, 7) is 1.56. The SMILES string of the molecule is O=C(OCc1cccc(S(=O)(=O)N2CCOCC2)c1)c1cc2c(s1)CCCC2. The van der Waals surface area contributed by atoms with Crippen LogP contribution in [0, 0.1) is 0 Å². The normalized spacial score (nSPS) is 17.9. The number of benzene rings is 1. The van der Waals surface area contributed by atoms with Gasteiger partial charge in [-0.2, -0.15) is 4.31 Å². The first-order chi connectivity index (χ1) is 13.5. The zero-order valence-electron chi connectivity index (χ0n) is 15.6. The summed E-state index contributed by atoms with van der Waals surface area (Å²) in [6.07, 6.45) is 4.41. The van der Waals surface area contributed by atoms with Gasteiger partial charge in [-0.3, -0.25) is 0 Å². The molecule has 0 bridgehead atoms. The van der Waals surface area contributed by atoms with Crippen molar-refractivity contribution in [1.82, 2.24) is 4.31 Å². The minimum absolute atomic E-state index is 0.0495. The van der Waals surface area contributed by atoms with Gasteiger partial charge >= 0.3 is 5.97 Å². The van der Waals surface area contributed by atoms with Crippen molar-refractivity contribution >= 4 is 27.3 Å². The molecule has 0 radical (unpaired) electrons. The number of nitrogens with zero attached hydrogens (tertiary/aromatic N) is 1. The van der Waals surface area contributed by atoms with Gasteiger partial charge in [0.05, 0.1) is 18.1 Å². The van der Waals surface area contributed by atoms with Crippen LogP contribution in [0.25, 0.3) is 0 Å². The molecular formula is C20H23NO5S2. The average Bonchev–Trinajstić information content (AvgIpc) is 3.17. The van der Waals surface area contributed by atoms with Crippen LogP contribution in [0.5, 0.6) is 0 Å². The molecule has 28 heavy (non-hydrogen) atoms. The fourth-order valence-electron chi connectivity index (χ4n) is 3.54. The van der Waals surface area contributed by atoms with Crippen LogP contribution < -0.4 is 0 Å². The molecule has 1 aromatic carbocycles. The molecule has 1 aromatic heterocycles. The Labute approximate surface area is 169 Å². The van der Waals surface area contributed by atoms with Crippen LogP contribution in [0.2, 0.25) is 0 Å². The number of esters is 1. The lowest BCUT2D eigenvalue weighted by atomic mass is 9.99. The molecule has 1 aliphatic heterocycles. The fraction of sp³-hybridized carbons (Fsp3) is 0.450. The van der Waals surface area contributed by atoms with E-state index in [1.54, 1.807) is 24.3 Å². The minimum Gasteiger partial charge on any atom is -0.457 e. The third-order valence-electron chi connectivity index (χ3n) is 5.07. The van der Waals surface area contributed by atoms with Crippen molar-refractivity contribution in [3.05, 3.63) is 51.2 Å². The van der Waals surface area contributed by atoms with Gasteiger partial charge in [-0.05, 0) is 55.0 Å². The van der Waals surface area contributed by atoms with Gasteiger partial charge in [0.25, 0.3) is 0 Å². The number of ether oxygens (including phenoxy) is 2. The van der Waals surface area contributed by atoms with Crippen LogP contribution in [0.1, 0.15) is 38.5 Å². The molecule has 0 N–H and O–H groups in total. The molecular weight excluding hydrogens is 398 g/mol. The van der Waals surface area contributed by atoms with Crippen LogP contribution in [0.4, 0.5) is 0 Å². The molecule has 0 saturated carbocycles. The highest BCUT2D eigenvalue weighted by Crippen LogP contribution is 2.30. The Balaban J connectivity index is 1.43. The number of aryl methyl sites for hydroxylation is 2. The number of hydrogen-bond acceptors (Lipinski definition) is 6. The first-order valence-corrected chi connectivity index (χ1v) is 11.8. The summed E-state index contributed by atoms with van der Waals surface area (Å²) >= 11 is 1.52. The molecule has 2 aliphatic rings. The second kappa shape index (κ2) is 8.32. The van der Waals surface area contributed by atoms with Gasteiger partial charge in [-0.1, -0.05) is 12.1 Å².